The average molecular weight is 435 g/mol. The molecule has 0 amide bonds. The summed E-state index contributed by atoms with van der Waals surface area (Å²) in [4.78, 5) is 0.0767. The molecule has 1 atom stereocenters. The van der Waals surface area contributed by atoms with Crippen LogP contribution in [0, 0.1) is 0 Å². The maximum atomic E-state index is 3.91. The molecule has 0 N–H and O–H groups in total. The third-order valence-electron chi connectivity index (χ3n) is 1.60. The van der Waals surface area contributed by atoms with Gasteiger partial charge in [0.2, 0.25) is 0 Å². The number of hydrogen-bond acceptors (Lipinski definition) is 3. The van der Waals surface area contributed by atoms with Gasteiger partial charge in [0.05, 0.1) is 9.31 Å². The zero-order valence-corrected chi connectivity index (χ0v) is 12.3. The van der Waals surface area contributed by atoms with Crippen LogP contribution in [0.2, 0.25) is 0 Å². The molecule has 2 rings (SSSR count). The van der Waals surface area contributed by atoms with Crippen LogP contribution in [-0.4, -0.2) is 10.5 Å². The number of alkyl halides is 1. The normalized spacial score (nSPS) is 26.8. The van der Waals surface area contributed by atoms with Gasteiger partial charge in [0, 0.05) is 8.96 Å². The molecule has 0 aromatic carbocycles. The SMILES string of the molecule is BrC1=C(Br)C(Br)C(Br)=C2N=NN=C12. The Morgan fingerprint density at radius 1 is 1.08 bits per heavy atom. The number of nitrogens with zero attached hydrogens (tertiary/aromatic N) is 3. The Balaban J connectivity index is 2.60. The van der Waals surface area contributed by atoms with E-state index < -0.39 is 0 Å². The molecule has 13 heavy (non-hydrogen) atoms. The van der Waals surface area contributed by atoms with Crippen LogP contribution in [0.1, 0.15) is 0 Å². The van der Waals surface area contributed by atoms with Gasteiger partial charge in [0.1, 0.15) is 11.4 Å². The van der Waals surface area contributed by atoms with E-state index in [4.69, 9.17) is 0 Å². The van der Waals surface area contributed by atoms with Gasteiger partial charge in [-0.1, -0.05) is 47.8 Å². The van der Waals surface area contributed by atoms with Gasteiger partial charge in [-0.15, -0.1) is 10.2 Å². The van der Waals surface area contributed by atoms with Crippen LogP contribution in [0.3, 0.4) is 0 Å². The second-order valence-corrected chi connectivity index (χ2v) is 5.78. The van der Waals surface area contributed by atoms with E-state index in [1.54, 1.807) is 0 Å². The molecule has 1 heterocycles. The monoisotopic (exact) mass is 431 g/mol. The first-order chi connectivity index (χ1) is 6.13. The average Bonchev–Trinajstić information content (AvgIpc) is 2.59. The number of allylic oxidation sites excluding steroid dienone is 3. The minimum Gasteiger partial charge on any atom is -0.127 e. The zero-order chi connectivity index (χ0) is 9.59. The highest BCUT2D eigenvalue weighted by molar-refractivity contribution is 9.16. The summed E-state index contributed by atoms with van der Waals surface area (Å²) in [6.07, 6.45) is 0. The summed E-state index contributed by atoms with van der Waals surface area (Å²) >= 11 is 13.8. The minimum absolute atomic E-state index is 0.0767. The van der Waals surface area contributed by atoms with Crippen molar-refractivity contribution in [2.45, 2.75) is 4.83 Å². The predicted molar refractivity (Wildman–Crippen MR) is 65.8 cm³/mol. The lowest BCUT2D eigenvalue weighted by atomic mass is 10.1. The summed E-state index contributed by atoms with van der Waals surface area (Å²) in [7, 11) is 0. The molecule has 1 unspecified atom stereocenters. The highest BCUT2D eigenvalue weighted by Crippen LogP contribution is 2.43. The summed E-state index contributed by atoms with van der Waals surface area (Å²) in [5.74, 6) is 0. The second-order valence-electron chi connectivity index (χ2n) is 2.36. The number of fused-ring (bicyclic) bond motifs is 1. The fourth-order valence-electron chi connectivity index (χ4n) is 0.971. The number of halogens is 4. The maximum absolute atomic E-state index is 3.91. The van der Waals surface area contributed by atoms with Crippen LogP contribution in [-0.2, 0) is 0 Å². The predicted octanol–water partition coefficient (Wildman–Crippen LogP) is 4.19. The van der Waals surface area contributed by atoms with E-state index in [0.29, 0.717) is 0 Å². The van der Waals surface area contributed by atoms with E-state index in [2.05, 4.69) is 79.2 Å². The lowest BCUT2D eigenvalue weighted by Gasteiger charge is -2.17. The molecule has 1 aliphatic heterocycles. The van der Waals surface area contributed by atoms with Crippen LogP contribution in [0.4, 0.5) is 0 Å². The fourth-order valence-corrected chi connectivity index (χ4v) is 3.44. The summed E-state index contributed by atoms with van der Waals surface area (Å²) < 4.78 is 2.80. The van der Waals surface area contributed by atoms with Crippen LogP contribution in [0.25, 0.3) is 0 Å². The van der Waals surface area contributed by atoms with Gasteiger partial charge < -0.3 is 0 Å². The smallest absolute Gasteiger partial charge is 0.127 e. The van der Waals surface area contributed by atoms with Gasteiger partial charge in [0.25, 0.3) is 0 Å². The first-order valence-electron chi connectivity index (χ1n) is 3.21. The quantitative estimate of drug-likeness (QED) is 0.513. The van der Waals surface area contributed by atoms with Crippen molar-refractivity contribution >= 4 is 69.4 Å². The molecule has 0 spiro atoms. The molecule has 2 aliphatic rings. The molecular formula is C6HBr4N3. The third-order valence-corrected chi connectivity index (χ3v) is 6.77. The van der Waals surface area contributed by atoms with E-state index in [1.807, 2.05) is 0 Å². The van der Waals surface area contributed by atoms with E-state index in [9.17, 15) is 0 Å². The molecule has 3 nitrogen and oxygen atoms in total. The van der Waals surface area contributed by atoms with Crippen molar-refractivity contribution < 1.29 is 0 Å². The van der Waals surface area contributed by atoms with Gasteiger partial charge in [0.15, 0.2) is 0 Å². The van der Waals surface area contributed by atoms with Crippen LogP contribution in [0.15, 0.2) is 34.6 Å². The first-order valence-corrected chi connectivity index (χ1v) is 6.50. The van der Waals surface area contributed by atoms with E-state index >= 15 is 0 Å². The molecule has 7 heteroatoms. The topological polar surface area (TPSA) is 37.1 Å². The van der Waals surface area contributed by atoms with Crippen molar-refractivity contribution in [2.24, 2.45) is 15.4 Å². The van der Waals surface area contributed by atoms with E-state index in [1.165, 1.54) is 0 Å². The summed E-state index contributed by atoms with van der Waals surface area (Å²) in [5, 5.41) is 11.4. The van der Waals surface area contributed by atoms with Crippen molar-refractivity contribution in [1.82, 2.24) is 0 Å². The molecule has 0 fully saturated rings. The lowest BCUT2D eigenvalue weighted by Crippen LogP contribution is -2.14. The Morgan fingerprint density at radius 3 is 2.46 bits per heavy atom. The fraction of sp³-hybridized carbons (Fsp3) is 0.167. The Bertz CT molecular complexity index is 393. The molecular weight excluding hydrogens is 434 g/mol. The van der Waals surface area contributed by atoms with Crippen LogP contribution >= 0.6 is 63.7 Å². The Morgan fingerprint density at radius 2 is 1.77 bits per heavy atom. The van der Waals surface area contributed by atoms with Crippen molar-refractivity contribution in [3.8, 4) is 0 Å². The van der Waals surface area contributed by atoms with Gasteiger partial charge in [-0.2, -0.15) is 0 Å². The first kappa shape index (κ1) is 10.2. The van der Waals surface area contributed by atoms with Crippen molar-refractivity contribution in [1.29, 1.82) is 0 Å². The second kappa shape index (κ2) is 3.67. The molecule has 0 aromatic rings. The highest BCUT2D eigenvalue weighted by atomic mass is 79.9. The van der Waals surface area contributed by atoms with Gasteiger partial charge in [-0.3, -0.25) is 0 Å². The highest BCUT2D eigenvalue weighted by Gasteiger charge is 2.31. The minimum atomic E-state index is 0.0767. The molecule has 1 aliphatic carbocycles. The Labute approximate surface area is 108 Å². The molecule has 0 bridgehead atoms. The molecule has 0 saturated heterocycles. The molecule has 0 saturated carbocycles. The summed E-state index contributed by atoms with van der Waals surface area (Å²) in [5.41, 5.74) is 1.53. The standard InChI is InChI=1S/C6HBr4N3/c7-1-2(8)4(10)6-5(3(1)9)11-13-12-6/h1H. The summed E-state index contributed by atoms with van der Waals surface area (Å²) in [6, 6.07) is 0. The largest absolute Gasteiger partial charge is 0.131 e. The number of rotatable bonds is 0. The molecule has 0 radical (unpaired) electrons. The lowest BCUT2D eigenvalue weighted by molar-refractivity contribution is 1.09. The van der Waals surface area contributed by atoms with Crippen molar-refractivity contribution in [2.75, 3.05) is 0 Å². The summed E-state index contributed by atoms with van der Waals surface area (Å²) in [6.45, 7) is 0. The van der Waals surface area contributed by atoms with Crippen molar-refractivity contribution in [3.63, 3.8) is 0 Å². The van der Waals surface area contributed by atoms with Crippen molar-refractivity contribution in [3.05, 3.63) is 19.1 Å². The molecule has 68 valence electrons. The third kappa shape index (κ3) is 1.53. The Kier molecular flexibility index (Phi) is 2.88. The maximum Gasteiger partial charge on any atom is 0.131 e. The van der Waals surface area contributed by atoms with E-state index in [-0.39, 0.29) is 4.83 Å². The zero-order valence-electron chi connectivity index (χ0n) is 5.93. The van der Waals surface area contributed by atoms with E-state index in [0.717, 1.165) is 24.9 Å². The number of hydrogen-bond donors (Lipinski definition) is 0. The molecule has 0 aromatic heterocycles. The van der Waals surface area contributed by atoms with Crippen LogP contribution < -0.4 is 0 Å². The van der Waals surface area contributed by atoms with Crippen LogP contribution in [0.5, 0.6) is 0 Å². The van der Waals surface area contributed by atoms with Gasteiger partial charge in [-0.25, -0.2) is 0 Å². The van der Waals surface area contributed by atoms with Gasteiger partial charge >= 0.3 is 0 Å². The van der Waals surface area contributed by atoms with Gasteiger partial charge in [-0.05, 0) is 21.2 Å². The Hall–Kier alpha value is 0.670.